The van der Waals surface area contributed by atoms with Crippen molar-refractivity contribution in [2.24, 2.45) is 0 Å². The standard InChI is InChI=1S/C23H34NO7P/c1-4-29-32(28,16-9-8-13-20-11-6-5-7-12-20)17-22(26)24-15-10-14-21(24)23(27)31-19(3)30-18(2)25/h5-7,11-12,19,21H,4,8-10,13-17H2,1-3H3/t19?,21-,32?/m0/s1. The van der Waals surface area contributed by atoms with Gasteiger partial charge in [-0.05, 0) is 44.6 Å². The number of hydrogen-bond donors (Lipinski definition) is 0. The van der Waals surface area contributed by atoms with Gasteiger partial charge in [0.15, 0.2) is 0 Å². The number of hydrogen-bond acceptors (Lipinski definition) is 7. The van der Waals surface area contributed by atoms with E-state index in [1.165, 1.54) is 24.3 Å². The fraction of sp³-hybridized carbons (Fsp3) is 0.609. The van der Waals surface area contributed by atoms with E-state index in [2.05, 4.69) is 12.1 Å². The molecule has 1 aliphatic heterocycles. The first-order chi connectivity index (χ1) is 15.2. The molecule has 32 heavy (non-hydrogen) atoms. The number of rotatable bonds is 12. The number of carbonyl (C=O) groups is 3. The topological polar surface area (TPSA) is 99.2 Å². The lowest BCUT2D eigenvalue weighted by Crippen LogP contribution is -2.43. The first kappa shape index (κ1) is 26.1. The van der Waals surface area contributed by atoms with Gasteiger partial charge in [0.1, 0.15) is 12.2 Å². The molecular formula is C23H34NO7P. The largest absolute Gasteiger partial charge is 0.426 e. The van der Waals surface area contributed by atoms with Crippen LogP contribution in [0.4, 0.5) is 0 Å². The second kappa shape index (κ2) is 12.8. The maximum Gasteiger partial charge on any atom is 0.331 e. The molecular weight excluding hydrogens is 433 g/mol. The Morgan fingerprint density at radius 2 is 1.88 bits per heavy atom. The Labute approximate surface area is 190 Å². The second-order valence-corrected chi connectivity index (χ2v) is 10.6. The normalized spacial score (nSPS) is 18.6. The molecule has 0 saturated carbocycles. The lowest BCUT2D eigenvalue weighted by molar-refractivity contribution is -0.186. The molecule has 0 N–H and O–H groups in total. The summed E-state index contributed by atoms with van der Waals surface area (Å²) in [7, 11) is -3.17. The SMILES string of the molecule is CCOP(=O)(CCCCc1ccccc1)CC(=O)N1CCC[C@H]1C(=O)OC(C)OC(C)=O. The van der Waals surface area contributed by atoms with E-state index in [0.29, 0.717) is 32.0 Å². The molecule has 1 heterocycles. The van der Waals surface area contributed by atoms with Crippen LogP contribution in [0, 0.1) is 0 Å². The fourth-order valence-corrected chi connectivity index (χ4v) is 6.01. The Balaban J connectivity index is 1.91. The van der Waals surface area contributed by atoms with E-state index < -0.39 is 31.6 Å². The highest BCUT2D eigenvalue weighted by Gasteiger charge is 2.39. The van der Waals surface area contributed by atoms with Gasteiger partial charge in [0.2, 0.25) is 19.6 Å². The molecule has 9 heteroatoms. The Bertz CT molecular complexity index is 814. The van der Waals surface area contributed by atoms with E-state index in [1.807, 2.05) is 18.2 Å². The van der Waals surface area contributed by atoms with Crippen LogP contribution >= 0.6 is 7.37 Å². The predicted octanol–water partition coefficient (Wildman–Crippen LogP) is 3.77. The molecule has 0 spiro atoms. The lowest BCUT2D eigenvalue weighted by Gasteiger charge is -2.26. The van der Waals surface area contributed by atoms with Gasteiger partial charge in [-0.3, -0.25) is 14.2 Å². The average Bonchev–Trinajstić information content (AvgIpc) is 3.22. The average molecular weight is 467 g/mol. The summed E-state index contributed by atoms with van der Waals surface area (Å²) in [4.78, 5) is 37.9. The number of aryl methyl sites for hydroxylation is 1. The number of benzene rings is 1. The minimum absolute atomic E-state index is 0.227. The molecule has 0 aromatic heterocycles. The molecule has 178 valence electrons. The summed E-state index contributed by atoms with van der Waals surface area (Å²) in [5, 5.41) is 0. The summed E-state index contributed by atoms with van der Waals surface area (Å²) >= 11 is 0. The van der Waals surface area contributed by atoms with Gasteiger partial charge in [-0.1, -0.05) is 30.3 Å². The minimum atomic E-state index is -3.17. The Morgan fingerprint density at radius 1 is 1.16 bits per heavy atom. The van der Waals surface area contributed by atoms with Crippen molar-refractivity contribution in [2.75, 3.05) is 25.5 Å². The molecule has 8 nitrogen and oxygen atoms in total. The lowest BCUT2D eigenvalue weighted by atomic mass is 10.1. The van der Waals surface area contributed by atoms with E-state index >= 15 is 0 Å². The van der Waals surface area contributed by atoms with Gasteiger partial charge in [-0.25, -0.2) is 4.79 Å². The van der Waals surface area contributed by atoms with Gasteiger partial charge in [-0.2, -0.15) is 0 Å². The predicted molar refractivity (Wildman–Crippen MR) is 120 cm³/mol. The van der Waals surface area contributed by atoms with Crippen LogP contribution in [0.2, 0.25) is 0 Å². The minimum Gasteiger partial charge on any atom is -0.426 e. The quantitative estimate of drug-likeness (QED) is 0.200. The summed E-state index contributed by atoms with van der Waals surface area (Å²) in [6.45, 7) is 5.07. The zero-order valence-corrected chi connectivity index (χ0v) is 20.1. The van der Waals surface area contributed by atoms with Gasteiger partial charge in [0.05, 0.1) is 6.61 Å². The first-order valence-electron chi connectivity index (χ1n) is 11.2. The maximum absolute atomic E-state index is 13.3. The molecule has 0 aliphatic carbocycles. The van der Waals surface area contributed by atoms with Crippen LogP contribution in [-0.4, -0.2) is 60.6 Å². The van der Waals surface area contributed by atoms with E-state index in [1.54, 1.807) is 6.92 Å². The van der Waals surface area contributed by atoms with Crippen LogP contribution in [0.5, 0.6) is 0 Å². The maximum atomic E-state index is 13.3. The highest BCUT2D eigenvalue weighted by atomic mass is 31.2. The van der Waals surface area contributed by atoms with Gasteiger partial charge in [-0.15, -0.1) is 0 Å². The Hall–Kier alpha value is -2.18. The molecule has 1 aromatic carbocycles. The van der Waals surface area contributed by atoms with Crippen molar-refractivity contribution in [3.05, 3.63) is 35.9 Å². The van der Waals surface area contributed by atoms with E-state index in [9.17, 15) is 18.9 Å². The summed E-state index contributed by atoms with van der Waals surface area (Å²) in [5.41, 5.74) is 1.22. The molecule has 2 unspecified atom stereocenters. The molecule has 1 saturated heterocycles. The number of amides is 1. The number of ether oxygens (including phenoxy) is 2. The molecule has 1 aliphatic rings. The van der Waals surface area contributed by atoms with Crippen LogP contribution < -0.4 is 0 Å². The van der Waals surface area contributed by atoms with E-state index in [-0.39, 0.29) is 18.7 Å². The van der Waals surface area contributed by atoms with Gasteiger partial charge >= 0.3 is 11.9 Å². The number of likely N-dealkylation sites (tertiary alicyclic amines) is 1. The van der Waals surface area contributed by atoms with E-state index in [0.717, 1.165) is 12.8 Å². The van der Waals surface area contributed by atoms with Crippen LogP contribution in [-0.2, 0) is 39.4 Å². The van der Waals surface area contributed by atoms with Gasteiger partial charge in [0.25, 0.3) is 0 Å². The van der Waals surface area contributed by atoms with Crippen LogP contribution in [0.15, 0.2) is 30.3 Å². The van der Waals surface area contributed by atoms with Crippen molar-refractivity contribution in [3.8, 4) is 0 Å². The number of nitrogens with zero attached hydrogens (tertiary/aromatic N) is 1. The van der Waals surface area contributed by atoms with Crippen LogP contribution in [0.1, 0.15) is 52.0 Å². The Morgan fingerprint density at radius 3 is 2.53 bits per heavy atom. The Kier molecular flexibility index (Phi) is 10.4. The molecule has 1 aromatic rings. The van der Waals surface area contributed by atoms with Gasteiger partial charge in [0, 0.05) is 26.6 Å². The van der Waals surface area contributed by atoms with Crippen molar-refractivity contribution < 1.29 is 32.9 Å². The summed E-state index contributed by atoms with van der Waals surface area (Å²) in [5.74, 6) is -1.56. The summed E-state index contributed by atoms with van der Waals surface area (Å²) in [6.07, 6.45) is 2.57. The van der Waals surface area contributed by atoms with Crippen molar-refractivity contribution in [2.45, 2.75) is 65.2 Å². The number of carbonyl (C=O) groups excluding carboxylic acids is 3. The third-order valence-corrected chi connectivity index (χ3v) is 7.74. The fourth-order valence-electron chi connectivity index (χ4n) is 3.86. The zero-order chi connectivity index (χ0) is 23.6. The van der Waals surface area contributed by atoms with E-state index in [4.69, 9.17) is 14.0 Å². The monoisotopic (exact) mass is 467 g/mol. The molecule has 2 rings (SSSR count). The zero-order valence-electron chi connectivity index (χ0n) is 19.2. The molecule has 0 radical (unpaired) electrons. The molecule has 3 atom stereocenters. The van der Waals surface area contributed by atoms with Crippen molar-refractivity contribution in [1.82, 2.24) is 4.90 Å². The second-order valence-electron chi connectivity index (χ2n) is 7.92. The number of unbranched alkanes of at least 4 members (excludes halogenated alkanes) is 1. The van der Waals surface area contributed by atoms with Crippen molar-refractivity contribution in [3.63, 3.8) is 0 Å². The summed E-state index contributed by atoms with van der Waals surface area (Å²) < 4.78 is 28.8. The molecule has 1 fully saturated rings. The van der Waals surface area contributed by atoms with Crippen LogP contribution in [0.3, 0.4) is 0 Å². The van der Waals surface area contributed by atoms with Crippen LogP contribution in [0.25, 0.3) is 0 Å². The first-order valence-corrected chi connectivity index (χ1v) is 13.2. The van der Waals surface area contributed by atoms with Gasteiger partial charge < -0.3 is 18.9 Å². The smallest absolute Gasteiger partial charge is 0.331 e. The number of esters is 2. The highest BCUT2D eigenvalue weighted by molar-refractivity contribution is 7.59. The van der Waals surface area contributed by atoms with Crippen molar-refractivity contribution >= 4 is 25.2 Å². The molecule has 0 bridgehead atoms. The van der Waals surface area contributed by atoms with Crippen molar-refractivity contribution in [1.29, 1.82) is 0 Å². The third-order valence-electron chi connectivity index (χ3n) is 5.26. The summed E-state index contributed by atoms with van der Waals surface area (Å²) in [6, 6.07) is 9.29. The molecule has 1 amide bonds. The highest BCUT2D eigenvalue weighted by Crippen LogP contribution is 2.48. The third kappa shape index (κ3) is 8.40.